The van der Waals surface area contributed by atoms with E-state index in [1.54, 1.807) is 0 Å². The van der Waals surface area contributed by atoms with Gasteiger partial charge in [0.1, 0.15) is 11.9 Å². The van der Waals surface area contributed by atoms with E-state index in [0.29, 0.717) is 5.02 Å². The lowest BCUT2D eigenvalue weighted by atomic mass is 9.61. The number of ether oxygens (including phenoxy) is 1. The Morgan fingerprint density at radius 2 is 1.85 bits per heavy atom. The Kier molecular flexibility index (Phi) is 4.19. The number of halogens is 2. The lowest BCUT2D eigenvalue weighted by Gasteiger charge is -2.53. The van der Waals surface area contributed by atoms with Crippen molar-refractivity contribution in [2.45, 2.75) is 63.4 Å². The summed E-state index contributed by atoms with van der Waals surface area (Å²) in [6.07, 6.45) is 8.83. The molecule has 2 saturated carbocycles. The van der Waals surface area contributed by atoms with E-state index < -0.39 is 0 Å². The molecule has 0 N–H and O–H groups in total. The van der Waals surface area contributed by atoms with Gasteiger partial charge in [-0.2, -0.15) is 0 Å². The highest BCUT2D eigenvalue weighted by Crippen LogP contribution is 2.55. The molecule has 110 valence electrons. The normalized spacial score (nSPS) is 28.8. The van der Waals surface area contributed by atoms with Gasteiger partial charge in [0.05, 0.1) is 5.02 Å². The van der Waals surface area contributed by atoms with Crippen molar-refractivity contribution < 1.29 is 4.74 Å². The van der Waals surface area contributed by atoms with E-state index in [1.807, 2.05) is 18.2 Å². The first kappa shape index (κ1) is 14.5. The van der Waals surface area contributed by atoms with E-state index in [0.717, 1.165) is 12.2 Å². The van der Waals surface area contributed by atoms with Crippen LogP contribution in [0.4, 0.5) is 0 Å². The van der Waals surface area contributed by atoms with Crippen LogP contribution in [0.15, 0.2) is 18.2 Å². The predicted molar refractivity (Wildman–Crippen MR) is 85.0 cm³/mol. The van der Waals surface area contributed by atoms with Gasteiger partial charge in [0.15, 0.2) is 0 Å². The zero-order valence-corrected chi connectivity index (χ0v) is 13.5. The topological polar surface area (TPSA) is 9.23 Å². The summed E-state index contributed by atoms with van der Waals surface area (Å²) in [5.74, 6) is 0.823. The van der Waals surface area contributed by atoms with Gasteiger partial charge < -0.3 is 4.74 Å². The summed E-state index contributed by atoms with van der Waals surface area (Å²) >= 11 is 12.8. The largest absolute Gasteiger partial charge is 0.488 e. The van der Waals surface area contributed by atoms with E-state index in [9.17, 15) is 0 Å². The maximum absolute atomic E-state index is 6.58. The third-order valence-electron chi connectivity index (χ3n) is 5.08. The molecular formula is C17H22Cl2O. The van der Waals surface area contributed by atoms with E-state index in [4.69, 9.17) is 27.9 Å². The molecule has 0 heterocycles. The van der Waals surface area contributed by atoms with E-state index >= 15 is 0 Å². The summed E-state index contributed by atoms with van der Waals surface area (Å²) in [4.78, 5) is 0. The molecule has 0 aliphatic heterocycles. The maximum atomic E-state index is 6.58. The zero-order valence-electron chi connectivity index (χ0n) is 12.0. The standard InChI is InChI=1S/C17H22Cl2O/c1-12-6-7-13(18)14(10-12)20-16-11-15(19)17(16)8-4-2-3-5-9-17/h6-7,10,15-16H,2-5,8-9,11H2,1H3. The summed E-state index contributed by atoms with van der Waals surface area (Å²) < 4.78 is 6.26. The second kappa shape index (κ2) is 5.77. The van der Waals surface area contributed by atoms with Gasteiger partial charge in [-0.1, -0.05) is 43.4 Å². The van der Waals surface area contributed by atoms with Gasteiger partial charge in [-0.05, 0) is 37.5 Å². The monoisotopic (exact) mass is 312 g/mol. The Morgan fingerprint density at radius 3 is 2.50 bits per heavy atom. The Bertz CT molecular complexity index is 478. The van der Waals surface area contributed by atoms with Gasteiger partial charge in [-0.3, -0.25) is 0 Å². The molecular weight excluding hydrogens is 291 g/mol. The average molecular weight is 313 g/mol. The number of hydrogen-bond donors (Lipinski definition) is 0. The first-order chi connectivity index (χ1) is 9.62. The molecule has 0 radical (unpaired) electrons. The molecule has 3 rings (SSSR count). The smallest absolute Gasteiger partial charge is 0.138 e. The molecule has 3 heteroatoms. The maximum Gasteiger partial charge on any atom is 0.138 e. The van der Waals surface area contributed by atoms with Crippen LogP contribution >= 0.6 is 23.2 Å². The Hall–Kier alpha value is -0.400. The Balaban J connectivity index is 1.78. The summed E-state index contributed by atoms with van der Waals surface area (Å²) in [5.41, 5.74) is 1.37. The number of aryl methyl sites for hydroxylation is 1. The highest BCUT2D eigenvalue weighted by molar-refractivity contribution is 6.32. The molecule has 2 fully saturated rings. The fourth-order valence-electron chi connectivity index (χ4n) is 3.74. The number of benzene rings is 1. The molecule has 20 heavy (non-hydrogen) atoms. The van der Waals surface area contributed by atoms with Crippen molar-refractivity contribution in [3.05, 3.63) is 28.8 Å². The van der Waals surface area contributed by atoms with Crippen molar-refractivity contribution in [3.63, 3.8) is 0 Å². The number of hydrogen-bond acceptors (Lipinski definition) is 1. The molecule has 2 unspecified atom stereocenters. The van der Waals surface area contributed by atoms with Crippen LogP contribution in [-0.2, 0) is 0 Å². The van der Waals surface area contributed by atoms with Crippen LogP contribution in [0.25, 0.3) is 0 Å². The molecule has 1 aromatic rings. The molecule has 0 saturated heterocycles. The molecule has 0 aromatic heterocycles. The Labute approximate surface area is 131 Å². The second-order valence-corrected chi connectivity index (χ2v) is 7.33. The summed E-state index contributed by atoms with van der Waals surface area (Å²) in [7, 11) is 0. The minimum Gasteiger partial charge on any atom is -0.488 e. The van der Waals surface area contributed by atoms with E-state index in [-0.39, 0.29) is 16.9 Å². The van der Waals surface area contributed by atoms with Crippen LogP contribution in [0.5, 0.6) is 5.75 Å². The number of alkyl halides is 1. The summed E-state index contributed by atoms with van der Waals surface area (Å²) in [6.45, 7) is 2.07. The molecule has 1 aromatic carbocycles. The molecule has 0 amide bonds. The van der Waals surface area contributed by atoms with Crippen molar-refractivity contribution in [1.29, 1.82) is 0 Å². The summed E-state index contributed by atoms with van der Waals surface area (Å²) in [6, 6.07) is 5.97. The van der Waals surface area contributed by atoms with Crippen LogP contribution < -0.4 is 4.74 Å². The van der Waals surface area contributed by atoms with Gasteiger partial charge >= 0.3 is 0 Å². The first-order valence-electron chi connectivity index (χ1n) is 7.69. The lowest BCUT2D eigenvalue weighted by molar-refractivity contribution is -0.0512. The van der Waals surface area contributed by atoms with Gasteiger partial charge in [0.25, 0.3) is 0 Å². The Morgan fingerprint density at radius 1 is 1.15 bits per heavy atom. The molecule has 1 spiro atoms. The van der Waals surface area contributed by atoms with Crippen molar-refractivity contribution in [3.8, 4) is 5.75 Å². The van der Waals surface area contributed by atoms with Gasteiger partial charge in [0, 0.05) is 17.2 Å². The highest BCUT2D eigenvalue weighted by atomic mass is 35.5. The molecule has 2 aliphatic rings. The molecule has 0 bridgehead atoms. The summed E-state index contributed by atoms with van der Waals surface area (Å²) in [5, 5.41) is 0.978. The van der Waals surface area contributed by atoms with Crippen LogP contribution in [0.3, 0.4) is 0 Å². The van der Waals surface area contributed by atoms with Crippen molar-refractivity contribution in [2.24, 2.45) is 5.41 Å². The van der Waals surface area contributed by atoms with Gasteiger partial charge in [-0.15, -0.1) is 11.6 Å². The quantitative estimate of drug-likeness (QED) is 0.632. The number of rotatable bonds is 2. The van der Waals surface area contributed by atoms with Gasteiger partial charge in [-0.25, -0.2) is 0 Å². The lowest BCUT2D eigenvalue weighted by Crippen LogP contribution is -2.57. The minimum absolute atomic E-state index is 0.186. The van der Waals surface area contributed by atoms with Crippen LogP contribution in [0.1, 0.15) is 50.5 Å². The third kappa shape index (κ3) is 2.55. The SMILES string of the molecule is Cc1ccc(Cl)c(OC2CC(Cl)C23CCCCCC3)c1. The third-order valence-corrected chi connectivity index (χ3v) is 6.00. The molecule has 1 nitrogen and oxygen atoms in total. The van der Waals surface area contributed by atoms with Crippen molar-refractivity contribution >= 4 is 23.2 Å². The van der Waals surface area contributed by atoms with E-state index in [1.165, 1.54) is 44.1 Å². The van der Waals surface area contributed by atoms with Gasteiger partial charge in [0.2, 0.25) is 0 Å². The predicted octanol–water partition coefficient (Wildman–Crippen LogP) is 5.75. The molecule has 2 atom stereocenters. The average Bonchev–Trinajstić information content (AvgIpc) is 2.70. The van der Waals surface area contributed by atoms with Crippen molar-refractivity contribution in [1.82, 2.24) is 0 Å². The highest BCUT2D eigenvalue weighted by Gasteiger charge is 2.55. The second-order valence-electron chi connectivity index (χ2n) is 6.39. The minimum atomic E-state index is 0.186. The fourth-order valence-corrected chi connectivity index (χ4v) is 4.42. The van der Waals surface area contributed by atoms with Crippen LogP contribution in [-0.4, -0.2) is 11.5 Å². The fraction of sp³-hybridized carbons (Fsp3) is 0.647. The van der Waals surface area contributed by atoms with Crippen molar-refractivity contribution in [2.75, 3.05) is 0 Å². The van der Waals surface area contributed by atoms with Crippen LogP contribution in [0, 0.1) is 12.3 Å². The first-order valence-corrected chi connectivity index (χ1v) is 8.50. The molecule has 2 aliphatic carbocycles. The van der Waals surface area contributed by atoms with Crippen LogP contribution in [0.2, 0.25) is 5.02 Å². The zero-order chi connectivity index (χ0) is 14.2. The van der Waals surface area contributed by atoms with E-state index in [2.05, 4.69) is 6.92 Å².